The van der Waals surface area contributed by atoms with Gasteiger partial charge in [-0.25, -0.2) is 9.67 Å². The molecule has 1 saturated carbocycles. The Morgan fingerprint density at radius 1 is 1.12 bits per heavy atom. The first-order valence-electron chi connectivity index (χ1n) is 9.61. The second kappa shape index (κ2) is 7.02. The van der Waals surface area contributed by atoms with Crippen LogP contribution in [-0.2, 0) is 7.05 Å². The molecule has 134 valence electrons. The molecule has 25 heavy (non-hydrogen) atoms. The fourth-order valence-electron chi connectivity index (χ4n) is 4.12. The molecule has 0 spiro atoms. The number of piperidine rings is 1. The van der Waals surface area contributed by atoms with E-state index in [-0.39, 0.29) is 11.9 Å². The van der Waals surface area contributed by atoms with E-state index < -0.39 is 0 Å². The molecule has 0 atom stereocenters. The van der Waals surface area contributed by atoms with Gasteiger partial charge in [-0.3, -0.25) is 4.79 Å². The molecular formula is C19H27N5O. The molecule has 1 N–H and O–H groups in total. The van der Waals surface area contributed by atoms with Gasteiger partial charge in [0.15, 0.2) is 11.3 Å². The van der Waals surface area contributed by atoms with Gasteiger partial charge in [0, 0.05) is 26.2 Å². The Kier molecular flexibility index (Phi) is 4.59. The van der Waals surface area contributed by atoms with Crippen LogP contribution in [0.2, 0.25) is 0 Å². The lowest BCUT2D eigenvalue weighted by Crippen LogP contribution is -2.36. The van der Waals surface area contributed by atoms with Crippen molar-refractivity contribution in [3.8, 4) is 0 Å². The van der Waals surface area contributed by atoms with Crippen molar-refractivity contribution in [2.24, 2.45) is 7.05 Å². The van der Waals surface area contributed by atoms with Crippen LogP contribution in [0.1, 0.15) is 61.9 Å². The number of fused-ring (bicyclic) bond motifs is 1. The fourth-order valence-corrected chi connectivity index (χ4v) is 4.12. The highest BCUT2D eigenvalue weighted by atomic mass is 16.2. The third kappa shape index (κ3) is 3.34. The van der Waals surface area contributed by atoms with Gasteiger partial charge < -0.3 is 10.2 Å². The number of carbonyl (C=O) groups excluding carboxylic acids is 1. The molecule has 0 aromatic carbocycles. The van der Waals surface area contributed by atoms with E-state index in [0.717, 1.165) is 42.7 Å². The first-order chi connectivity index (χ1) is 12.2. The number of aryl methyl sites for hydroxylation is 1. The van der Waals surface area contributed by atoms with Crippen LogP contribution in [-0.4, -0.2) is 39.8 Å². The maximum Gasteiger partial charge on any atom is 0.272 e. The average Bonchev–Trinajstić information content (AvgIpc) is 3.00. The Morgan fingerprint density at radius 3 is 2.60 bits per heavy atom. The van der Waals surface area contributed by atoms with Crippen LogP contribution < -0.4 is 10.2 Å². The maximum atomic E-state index is 12.8. The van der Waals surface area contributed by atoms with Crippen molar-refractivity contribution in [1.29, 1.82) is 0 Å². The van der Waals surface area contributed by atoms with Gasteiger partial charge >= 0.3 is 0 Å². The third-order valence-corrected chi connectivity index (χ3v) is 5.54. The lowest BCUT2D eigenvalue weighted by molar-refractivity contribution is 0.0923. The number of pyridine rings is 1. The molecule has 1 amide bonds. The summed E-state index contributed by atoms with van der Waals surface area (Å²) in [5.41, 5.74) is 2.39. The van der Waals surface area contributed by atoms with E-state index in [9.17, 15) is 4.79 Å². The lowest BCUT2D eigenvalue weighted by atomic mass is 9.95. The molecule has 1 saturated heterocycles. The van der Waals surface area contributed by atoms with Gasteiger partial charge in [0.05, 0.1) is 17.3 Å². The van der Waals surface area contributed by atoms with Crippen molar-refractivity contribution in [1.82, 2.24) is 20.1 Å². The Balaban J connectivity index is 1.61. The Bertz CT molecular complexity index is 757. The Labute approximate surface area is 148 Å². The van der Waals surface area contributed by atoms with Gasteiger partial charge in [-0.05, 0) is 38.2 Å². The summed E-state index contributed by atoms with van der Waals surface area (Å²) in [5.74, 6) is -0.0601. The van der Waals surface area contributed by atoms with Crippen LogP contribution in [0.5, 0.6) is 0 Å². The molecule has 0 bridgehead atoms. The first kappa shape index (κ1) is 16.4. The second-order valence-corrected chi connectivity index (χ2v) is 7.39. The minimum absolute atomic E-state index is 0.0601. The molecule has 6 nitrogen and oxygen atoms in total. The van der Waals surface area contributed by atoms with Gasteiger partial charge in [-0.15, -0.1) is 0 Å². The van der Waals surface area contributed by atoms with E-state index in [1.54, 1.807) is 4.68 Å². The van der Waals surface area contributed by atoms with Crippen LogP contribution in [0, 0.1) is 0 Å². The summed E-state index contributed by atoms with van der Waals surface area (Å²) in [7, 11) is 1.85. The van der Waals surface area contributed by atoms with E-state index in [4.69, 9.17) is 0 Å². The monoisotopic (exact) mass is 341 g/mol. The van der Waals surface area contributed by atoms with E-state index >= 15 is 0 Å². The molecule has 1 aliphatic heterocycles. The largest absolute Gasteiger partial charge is 0.370 e. The van der Waals surface area contributed by atoms with Gasteiger partial charge in [0.1, 0.15) is 0 Å². The van der Waals surface area contributed by atoms with Crippen LogP contribution in [0.3, 0.4) is 0 Å². The van der Waals surface area contributed by atoms with E-state index in [1.165, 1.54) is 38.5 Å². The molecule has 0 unspecified atom stereocenters. The molecule has 4 rings (SSSR count). The number of nitrogens with zero attached hydrogens (tertiary/aromatic N) is 4. The number of aromatic nitrogens is 3. The zero-order chi connectivity index (χ0) is 17.2. The molecule has 3 heterocycles. The number of hydrogen-bond donors (Lipinski definition) is 1. The van der Waals surface area contributed by atoms with Gasteiger partial charge in [0.2, 0.25) is 0 Å². The summed E-state index contributed by atoms with van der Waals surface area (Å²) in [6.45, 7) is 2.13. The molecule has 0 radical (unpaired) electrons. The van der Waals surface area contributed by atoms with Crippen molar-refractivity contribution in [2.75, 3.05) is 18.0 Å². The third-order valence-electron chi connectivity index (χ3n) is 5.54. The number of nitrogens with one attached hydrogen (secondary N) is 1. The highest BCUT2D eigenvalue weighted by Crippen LogP contribution is 2.25. The van der Waals surface area contributed by atoms with E-state index in [2.05, 4.69) is 26.4 Å². The normalized spacial score (nSPS) is 19.3. The summed E-state index contributed by atoms with van der Waals surface area (Å²) in [6, 6.07) is 2.38. The molecule has 1 aliphatic carbocycles. The average molecular weight is 341 g/mol. The molecule has 2 aromatic heterocycles. The fraction of sp³-hybridized carbons (Fsp3) is 0.632. The maximum absolute atomic E-state index is 12.8. The zero-order valence-corrected chi connectivity index (χ0v) is 15.0. The summed E-state index contributed by atoms with van der Waals surface area (Å²) in [5, 5.41) is 8.51. The van der Waals surface area contributed by atoms with Crippen LogP contribution in [0.25, 0.3) is 11.0 Å². The number of hydrogen-bond acceptors (Lipinski definition) is 4. The number of carbonyl (C=O) groups is 1. The van der Waals surface area contributed by atoms with Crippen LogP contribution >= 0.6 is 0 Å². The van der Waals surface area contributed by atoms with Crippen molar-refractivity contribution in [3.05, 3.63) is 18.0 Å². The molecular weight excluding hydrogens is 314 g/mol. The Hall–Kier alpha value is -2.11. The van der Waals surface area contributed by atoms with Crippen molar-refractivity contribution in [2.45, 2.75) is 57.4 Å². The van der Waals surface area contributed by atoms with Crippen molar-refractivity contribution in [3.63, 3.8) is 0 Å². The minimum atomic E-state index is -0.0601. The highest BCUT2D eigenvalue weighted by molar-refractivity contribution is 6.04. The summed E-state index contributed by atoms with van der Waals surface area (Å²) in [6.07, 6.45) is 11.5. The van der Waals surface area contributed by atoms with Gasteiger partial charge in [-0.2, -0.15) is 5.10 Å². The molecule has 2 aromatic rings. The minimum Gasteiger partial charge on any atom is -0.370 e. The Morgan fingerprint density at radius 2 is 1.84 bits per heavy atom. The second-order valence-electron chi connectivity index (χ2n) is 7.39. The zero-order valence-electron chi connectivity index (χ0n) is 15.0. The first-order valence-corrected chi connectivity index (χ1v) is 9.61. The SMILES string of the molecule is Cn1nc(C(=O)NC2CCCCC2)c2cc(N3CCCCC3)cnc21. The highest BCUT2D eigenvalue weighted by Gasteiger charge is 2.22. The number of anilines is 1. The summed E-state index contributed by atoms with van der Waals surface area (Å²) in [4.78, 5) is 19.8. The summed E-state index contributed by atoms with van der Waals surface area (Å²) < 4.78 is 1.71. The molecule has 6 heteroatoms. The topological polar surface area (TPSA) is 63.1 Å². The quantitative estimate of drug-likeness (QED) is 0.932. The summed E-state index contributed by atoms with van der Waals surface area (Å²) >= 11 is 0. The van der Waals surface area contributed by atoms with Crippen molar-refractivity contribution < 1.29 is 4.79 Å². The lowest BCUT2D eigenvalue weighted by Gasteiger charge is -2.28. The van der Waals surface area contributed by atoms with Crippen molar-refractivity contribution >= 4 is 22.6 Å². The van der Waals surface area contributed by atoms with Crippen LogP contribution in [0.4, 0.5) is 5.69 Å². The van der Waals surface area contributed by atoms with Gasteiger partial charge in [0.25, 0.3) is 5.91 Å². The van der Waals surface area contributed by atoms with E-state index in [1.807, 2.05) is 13.2 Å². The number of amides is 1. The molecule has 2 fully saturated rings. The van der Waals surface area contributed by atoms with Gasteiger partial charge in [-0.1, -0.05) is 19.3 Å². The predicted molar refractivity (Wildman–Crippen MR) is 98.9 cm³/mol. The smallest absolute Gasteiger partial charge is 0.272 e. The number of rotatable bonds is 3. The standard InChI is InChI=1S/C19H27N5O/c1-23-18-16(12-15(13-20-18)24-10-6-3-7-11-24)17(22-23)19(25)21-14-8-4-2-5-9-14/h12-14H,2-11H2,1H3,(H,21,25). The van der Waals surface area contributed by atoms with Crippen LogP contribution in [0.15, 0.2) is 12.3 Å². The molecule has 2 aliphatic rings. The predicted octanol–water partition coefficient (Wildman–Crippen LogP) is 3.02. The van der Waals surface area contributed by atoms with E-state index in [0.29, 0.717) is 5.69 Å².